The standard InChI is InChI=1S/C48H56N2O4S/c1-35(2)44(51)25-11-10-18-28-49-42-33-38-23-16-14-21-36(38)31-40(42)47(3,4)45(49)26-12-8-7-9-13-27-46-48(5,6)41-32-37-22-15-17-24-39(37)34-43(41)50(46)29-19-20-30-55(52,53)54/h7-9,12-17,21-24,26-27,31-35H,10-11,18-20,25,28-30H2,1-6H3/p+1. The van der Waals surface area contributed by atoms with E-state index in [0.717, 1.165) is 37.2 Å². The van der Waals surface area contributed by atoms with Gasteiger partial charge in [0, 0.05) is 59.8 Å². The first kappa shape index (κ1) is 40.1. The molecule has 0 spiro atoms. The summed E-state index contributed by atoms with van der Waals surface area (Å²) in [4.78, 5) is 14.5. The summed E-state index contributed by atoms with van der Waals surface area (Å²) in [7, 11) is -3.99. The first-order chi connectivity index (χ1) is 26.2. The van der Waals surface area contributed by atoms with Gasteiger partial charge in [-0.3, -0.25) is 9.35 Å². The van der Waals surface area contributed by atoms with Crippen LogP contribution in [0.25, 0.3) is 21.5 Å². The largest absolute Gasteiger partial charge is 0.344 e. The maximum Gasteiger partial charge on any atom is 0.264 e. The van der Waals surface area contributed by atoms with Gasteiger partial charge in [-0.15, -0.1) is 0 Å². The summed E-state index contributed by atoms with van der Waals surface area (Å²) in [6.07, 6.45) is 19.5. The molecule has 0 aromatic heterocycles. The van der Waals surface area contributed by atoms with E-state index in [0.29, 0.717) is 31.6 Å². The highest BCUT2D eigenvalue weighted by Gasteiger charge is 2.44. The highest BCUT2D eigenvalue weighted by atomic mass is 32.2. The van der Waals surface area contributed by atoms with Gasteiger partial charge in [0.2, 0.25) is 5.69 Å². The van der Waals surface area contributed by atoms with Crippen LogP contribution in [-0.2, 0) is 25.7 Å². The van der Waals surface area contributed by atoms with Crippen LogP contribution in [0.4, 0.5) is 11.4 Å². The molecule has 2 aliphatic heterocycles. The quantitative estimate of drug-likeness (QED) is 0.0533. The summed E-state index contributed by atoms with van der Waals surface area (Å²) < 4.78 is 34.6. The normalized spacial score (nSPS) is 17.3. The number of carbonyl (C=O) groups excluding carboxylic acids is 1. The van der Waals surface area contributed by atoms with Gasteiger partial charge >= 0.3 is 0 Å². The average Bonchev–Trinajstić information content (AvgIpc) is 3.47. The summed E-state index contributed by atoms with van der Waals surface area (Å²) in [5.74, 6) is 0.219. The molecule has 6 rings (SSSR count). The molecule has 0 saturated heterocycles. The molecule has 0 atom stereocenters. The lowest BCUT2D eigenvalue weighted by molar-refractivity contribution is -0.438. The lowest BCUT2D eigenvalue weighted by atomic mass is 9.80. The number of nitrogens with zero attached hydrogens (tertiary/aromatic N) is 2. The molecule has 2 heterocycles. The fourth-order valence-electron chi connectivity index (χ4n) is 8.27. The second kappa shape index (κ2) is 16.6. The van der Waals surface area contributed by atoms with Crippen molar-refractivity contribution in [3.05, 3.63) is 132 Å². The van der Waals surface area contributed by atoms with Crippen LogP contribution < -0.4 is 4.90 Å². The van der Waals surface area contributed by atoms with Gasteiger partial charge in [-0.1, -0.05) is 107 Å². The Balaban J connectivity index is 1.22. The van der Waals surface area contributed by atoms with Crippen molar-refractivity contribution in [2.45, 2.75) is 90.9 Å². The minimum absolute atomic E-state index is 0.101. The second-order valence-electron chi connectivity index (χ2n) is 16.5. The van der Waals surface area contributed by atoms with E-state index in [4.69, 9.17) is 0 Å². The number of ketones is 1. The predicted octanol–water partition coefficient (Wildman–Crippen LogP) is 11.2. The smallest absolute Gasteiger partial charge is 0.264 e. The molecule has 0 saturated carbocycles. The molecule has 1 N–H and O–H groups in total. The van der Waals surface area contributed by atoms with Gasteiger partial charge < -0.3 is 4.90 Å². The molecule has 6 nitrogen and oxygen atoms in total. The molecule has 0 fully saturated rings. The number of benzene rings is 4. The van der Waals surface area contributed by atoms with Crippen molar-refractivity contribution >= 4 is 54.5 Å². The second-order valence-corrected chi connectivity index (χ2v) is 18.0. The Kier molecular flexibility index (Phi) is 12.1. The number of anilines is 1. The van der Waals surface area contributed by atoms with Crippen molar-refractivity contribution in [3.63, 3.8) is 0 Å². The third-order valence-corrected chi connectivity index (χ3v) is 12.3. The summed E-state index contributed by atoms with van der Waals surface area (Å²) in [6.45, 7) is 14.6. The number of carbonyl (C=O) groups is 1. The molecule has 4 aromatic rings. The van der Waals surface area contributed by atoms with Crippen LogP contribution in [-0.4, -0.2) is 47.9 Å². The maximum absolute atomic E-state index is 12.2. The monoisotopic (exact) mass is 757 g/mol. The average molecular weight is 758 g/mol. The van der Waals surface area contributed by atoms with Crippen molar-refractivity contribution in [2.24, 2.45) is 5.92 Å². The van der Waals surface area contributed by atoms with E-state index in [2.05, 4.69) is 152 Å². The molecular formula is C48H57N2O4S+. The Hall–Kier alpha value is -4.59. The molecule has 4 aromatic carbocycles. The highest BCUT2D eigenvalue weighted by Crippen LogP contribution is 2.49. The van der Waals surface area contributed by atoms with Gasteiger partial charge in [0.25, 0.3) is 10.1 Å². The molecule has 2 aliphatic rings. The minimum Gasteiger partial charge on any atom is -0.344 e. The molecule has 0 radical (unpaired) electrons. The molecule has 0 unspecified atom stereocenters. The van der Waals surface area contributed by atoms with E-state index in [1.54, 1.807) is 0 Å². The summed E-state index contributed by atoms with van der Waals surface area (Å²) in [5.41, 5.74) is 7.01. The zero-order valence-corrected chi connectivity index (χ0v) is 34.2. The summed E-state index contributed by atoms with van der Waals surface area (Å²) in [5, 5.41) is 4.86. The van der Waals surface area contributed by atoms with Crippen LogP contribution in [0.2, 0.25) is 0 Å². The van der Waals surface area contributed by atoms with Crippen LogP contribution in [0.15, 0.2) is 121 Å². The minimum atomic E-state index is -3.99. The number of allylic oxidation sites excluding steroid dienone is 8. The van der Waals surface area contributed by atoms with Crippen LogP contribution >= 0.6 is 0 Å². The van der Waals surface area contributed by atoms with Gasteiger partial charge in [-0.25, -0.2) is 0 Å². The topological polar surface area (TPSA) is 77.7 Å². The van der Waals surface area contributed by atoms with Crippen LogP contribution in [0.3, 0.4) is 0 Å². The fraction of sp³-hybridized carbons (Fsp3) is 0.375. The van der Waals surface area contributed by atoms with E-state index in [1.165, 1.54) is 44.1 Å². The van der Waals surface area contributed by atoms with Gasteiger partial charge in [-0.05, 0) is 90.9 Å². The van der Waals surface area contributed by atoms with Crippen molar-refractivity contribution in [2.75, 3.05) is 23.7 Å². The van der Waals surface area contributed by atoms with Gasteiger partial charge in [-0.2, -0.15) is 13.0 Å². The number of fused-ring (bicyclic) bond motifs is 4. The maximum atomic E-state index is 12.2. The fourth-order valence-corrected chi connectivity index (χ4v) is 8.84. The first-order valence-corrected chi connectivity index (χ1v) is 21.5. The molecule has 0 bridgehead atoms. The van der Waals surface area contributed by atoms with Crippen LogP contribution in [0, 0.1) is 5.92 Å². The number of hydrogen-bond donors (Lipinski definition) is 1. The molecule has 288 valence electrons. The lowest BCUT2D eigenvalue weighted by Crippen LogP contribution is -2.27. The summed E-state index contributed by atoms with van der Waals surface area (Å²) >= 11 is 0. The van der Waals surface area contributed by atoms with Gasteiger partial charge in [0.1, 0.15) is 12.3 Å². The van der Waals surface area contributed by atoms with Crippen LogP contribution in [0.1, 0.15) is 91.2 Å². The van der Waals surface area contributed by atoms with Crippen molar-refractivity contribution in [1.29, 1.82) is 0 Å². The Morgan fingerprint density at radius 3 is 2.00 bits per heavy atom. The van der Waals surface area contributed by atoms with E-state index >= 15 is 0 Å². The Morgan fingerprint density at radius 1 is 0.745 bits per heavy atom. The van der Waals surface area contributed by atoms with E-state index in [9.17, 15) is 17.8 Å². The van der Waals surface area contributed by atoms with E-state index in [1.807, 2.05) is 13.8 Å². The Morgan fingerprint density at radius 2 is 1.35 bits per heavy atom. The summed E-state index contributed by atoms with van der Waals surface area (Å²) in [6, 6.07) is 26.2. The number of unbranched alkanes of at least 4 members (excludes halogenated alkanes) is 3. The van der Waals surface area contributed by atoms with Crippen molar-refractivity contribution in [3.8, 4) is 0 Å². The Bertz CT molecular complexity index is 2340. The van der Waals surface area contributed by atoms with Gasteiger partial charge in [0.05, 0.1) is 11.2 Å². The SMILES string of the molecule is CC(C)C(=O)CCCCC[N+]1=C(/C=C/C=C/C=C/C=C2/N(CCCCS(=O)(=O)O)c3cc4ccccc4cc3C2(C)C)C(C)(C)c2cc3ccccc3cc21. The zero-order valence-electron chi connectivity index (χ0n) is 33.4. The molecule has 7 heteroatoms. The van der Waals surface area contributed by atoms with Crippen molar-refractivity contribution < 1.29 is 22.3 Å². The first-order valence-electron chi connectivity index (χ1n) is 19.9. The third kappa shape index (κ3) is 8.95. The van der Waals surface area contributed by atoms with Crippen molar-refractivity contribution in [1.82, 2.24) is 0 Å². The zero-order chi connectivity index (χ0) is 39.4. The molecule has 55 heavy (non-hydrogen) atoms. The lowest BCUT2D eigenvalue weighted by Gasteiger charge is -2.27. The van der Waals surface area contributed by atoms with E-state index in [-0.39, 0.29) is 22.5 Å². The Labute approximate surface area is 328 Å². The van der Waals surface area contributed by atoms with Crippen LogP contribution in [0.5, 0.6) is 0 Å². The molecule has 0 aliphatic carbocycles. The third-order valence-electron chi connectivity index (χ3n) is 11.5. The molecular weight excluding hydrogens is 701 g/mol. The highest BCUT2D eigenvalue weighted by molar-refractivity contribution is 7.85. The van der Waals surface area contributed by atoms with Gasteiger partial charge in [0.15, 0.2) is 5.71 Å². The molecule has 0 amide bonds. The number of rotatable bonds is 16. The number of Topliss-reactive ketones (excluding diaryl/α,β-unsaturated/α-hetero) is 1. The number of hydrogen-bond acceptors (Lipinski definition) is 4. The predicted molar refractivity (Wildman–Crippen MR) is 231 cm³/mol. The van der Waals surface area contributed by atoms with E-state index < -0.39 is 10.1 Å².